The second-order valence-corrected chi connectivity index (χ2v) is 4.44. The van der Waals surface area contributed by atoms with Gasteiger partial charge in [0.25, 0.3) is 0 Å². The van der Waals surface area contributed by atoms with Gasteiger partial charge < -0.3 is 5.73 Å². The average molecular weight is 284 g/mol. The highest BCUT2D eigenvalue weighted by molar-refractivity contribution is 9.10. The summed E-state index contributed by atoms with van der Waals surface area (Å²) >= 11 is 3.30. The fourth-order valence-electron chi connectivity index (χ4n) is 1.60. The van der Waals surface area contributed by atoms with Gasteiger partial charge in [-0.05, 0) is 24.3 Å². The molecule has 0 bridgehead atoms. The highest BCUT2D eigenvalue weighted by Gasteiger charge is 2.16. The molecule has 0 saturated heterocycles. The zero-order chi connectivity index (χ0) is 11.7. The standard InChI is InChI=1S/C11H11BrFN3/c1-16-10(4-5-15-16)11(14)8-6-7(12)2-3-9(8)13/h2-6,11H,14H2,1H3. The molecule has 0 aliphatic heterocycles. The van der Waals surface area contributed by atoms with Gasteiger partial charge >= 0.3 is 0 Å². The van der Waals surface area contributed by atoms with E-state index >= 15 is 0 Å². The van der Waals surface area contributed by atoms with Gasteiger partial charge in [-0.25, -0.2) is 4.39 Å². The molecule has 0 fully saturated rings. The molecular formula is C11H11BrFN3. The monoisotopic (exact) mass is 283 g/mol. The summed E-state index contributed by atoms with van der Waals surface area (Å²) in [4.78, 5) is 0. The summed E-state index contributed by atoms with van der Waals surface area (Å²) in [6.45, 7) is 0. The van der Waals surface area contributed by atoms with Crippen molar-refractivity contribution >= 4 is 15.9 Å². The Morgan fingerprint density at radius 3 is 2.81 bits per heavy atom. The number of nitrogens with zero attached hydrogens (tertiary/aromatic N) is 2. The number of nitrogens with two attached hydrogens (primary N) is 1. The van der Waals surface area contributed by atoms with Gasteiger partial charge in [0.2, 0.25) is 0 Å². The number of hydrogen-bond donors (Lipinski definition) is 1. The largest absolute Gasteiger partial charge is 0.319 e. The molecule has 16 heavy (non-hydrogen) atoms. The molecule has 2 aromatic rings. The van der Waals surface area contributed by atoms with Gasteiger partial charge in [-0.15, -0.1) is 0 Å². The van der Waals surface area contributed by atoms with Gasteiger partial charge in [-0.3, -0.25) is 4.68 Å². The predicted molar refractivity (Wildman–Crippen MR) is 63.3 cm³/mol. The molecule has 0 spiro atoms. The van der Waals surface area contributed by atoms with Gasteiger partial charge in [-0.1, -0.05) is 15.9 Å². The number of aromatic nitrogens is 2. The summed E-state index contributed by atoms with van der Waals surface area (Å²) in [5, 5.41) is 4.02. The van der Waals surface area contributed by atoms with Crippen molar-refractivity contribution in [2.24, 2.45) is 12.8 Å². The van der Waals surface area contributed by atoms with E-state index in [0.717, 1.165) is 10.2 Å². The van der Waals surface area contributed by atoms with Crippen molar-refractivity contribution in [1.29, 1.82) is 0 Å². The van der Waals surface area contributed by atoms with Crippen LogP contribution in [0, 0.1) is 5.82 Å². The van der Waals surface area contributed by atoms with Crippen molar-refractivity contribution in [3.63, 3.8) is 0 Å². The Labute approximate surface area is 101 Å². The lowest BCUT2D eigenvalue weighted by molar-refractivity contribution is 0.586. The van der Waals surface area contributed by atoms with Crippen LogP contribution in [0.3, 0.4) is 0 Å². The lowest BCUT2D eigenvalue weighted by Gasteiger charge is -2.13. The van der Waals surface area contributed by atoms with E-state index in [2.05, 4.69) is 21.0 Å². The maximum absolute atomic E-state index is 13.6. The Morgan fingerprint density at radius 2 is 2.19 bits per heavy atom. The van der Waals surface area contributed by atoms with E-state index in [0.29, 0.717) is 5.56 Å². The zero-order valence-electron chi connectivity index (χ0n) is 8.69. The van der Waals surface area contributed by atoms with Crippen LogP contribution in [0.5, 0.6) is 0 Å². The molecular weight excluding hydrogens is 273 g/mol. The summed E-state index contributed by atoms with van der Waals surface area (Å²) in [6, 6.07) is 6.01. The highest BCUT2D eigenvalue weighted by atomic mass is 79.9. The minimum absolute atomic E-state index is 0.308. The molecule has 1 unspecified atom stereocenters. The third-order valence-electron chi connectivity index (χ3n) is 2.47. The number of benzene rings is 1. The Bertz CT molecular complexity index is 510. The zero-order valence-corrected chi connectivity index (χ0v) is 10.3. The van der Waals surface area contributed by atoms with Gasteiger partial charge in [0.05, 0.1) is 11.7 Å². The SMILES string of the molecule is Cn1nccc1C(N)c1cc(Br)ccc1F. The van der Waals surface area contributed by atoms with Gasteiger partial charge in [-0.2, -0.15) is 5.10 Å². The van der Waals surface area contributed by atoms with Crippen LogP contribution in [-0.2, 0) is 7.05 Å². The summed E-state index contributed by atoms with van der Waals surface area (Å²) in [5.41, 5.74) is 7.24. The second-order valence-electron chi connectivity index (χ2n) is 3.52. The van der Waals surface area contributed by atoms with Crippen molar-refractivity contribution < 1.29 is 4.39 Å². The molecule has 2 N–H and O–H groups in total. The normalized spacial score (nSPS) is 12.8. The van der Waals surface area contributed by atoms with E-state index in [1.807, 2.05) is 0 Å². The average Bonchev–Trinajstić information content (AvgIpc) is 2.67. The quantitative estimate of drug-likeness (QED) is 0.920. The van der Waals surface area contributed by atoms with E-state index in [4.69, 9.17) is 5.73 Å². The maximum Gasteiger partial charge on any atom is 0.128 e. The van der Waals surface area contributed by atoms with E-state index < -0.39 is 6.04 Å². The van der Waals surface area contributed by atoms with Gasteiger partial charge in [0, 0.05) is 23.3 Å². The lowest BCUT2D eigenvalue weighted by Crippen LogP contribution is -2.17. The Kier molecular flexibility index (Phi) is 3.07. The van der Waals surface area contributed by atoms with Crippen LogP contribution in [-0.4, -0.2) is 9.78 Å². The molecule has 0 saturated carbocycles. The van der Waals surface area contributed by atoms with Crippen molar-refractivity contribution in [3.05, 3.63) is 52.0 Å². The first-order valence-electron chi connectivity index (χ1n) is 4.78. The maximum atomic E-state index is 13.6. The van der Waals surface area contributed by atoms with E-state index in [-0.39, 0.29) is 5.82 Å². The Hall–Kier alpha value is -1.20. The first-order valence-corrected chi connectivity index (χ1v) is 5.57. The van der Waals surface area contributed by atoms with Crippen molar-refractivity contribution in [1.82, 2.24) is 9.78 Å². The lowest BCUT2D eigenvalue weighted by atomic mass is 10.0. The molecule has 3 nitrogen and oxygen atoms in total. The minimum Gasteiger partial charge on any atom is -0.319 e. The van der Waals surface area contributed by atoms with Crippen LogP contribution in [0.1, 0.15) is 17.3 Å². The summed E-state index contributed by atoms with van der Waals surface area (Å²) in [6.07, 6.45) is 1.64. The molecule has 1 atom stereocenters. The van der Waals surface area contributed by atoms with Crippen LogP contribution >= 0.6 is 15.9 Å². The molecule has 5 heteroatoms. The van der Waals surface area contributed by atoms with Gasteiger partial charge in [0.15, 0.2) is 0 Å². The smallest absolute Gasteiger partial charge is 0.128 e. The minimum atomic E-state index is -0.509. The molecule has 0 aliphatic carbocycles. The van der Waals surface area contributed by atoms with Crippen LogP contribution in [0.4, 0.5) is 4.39 Å². The van der Waals surface area contributed by atoms with Gasteiger partial charge in [0.1, 0.15) is 5.82 Å². The fourth-order valence-corrected chi connectivity index (χ4v) is 1.98. The van der Waals surface area contributed by atoms with E-state index in [1.165, 1.54) is 6.07 Å². The molecule has 0 radical (unpaired) electrons. The molecule has 1 aromatic carbocycles. The Morgan fingerprint density at radius 1 is 1.44 bits per heavy atom. The second kappa shape index (κ2) is 4.35. The van der Waals surface area contributed by atoms with Crippen LogP contribution in [0.25, 0.3) is 0 Å². The fraction of sp³-hybridized carbons (Fsp3) is 0.182. The first kappa shape index (κ1) is 11.3. The molecule has 0 amide bonds. The number of rotatable bonds is 2. The summed E-state index contributed by atoms with van der Waals surface area (Å²) in [5.74, 6) is -0.308. The molecule has 1 aromatic heterocycles. The topological polar surface area (TPSA) is 43.8 Å². The van der Waals surface area contributed by atoms with Crippen LogP contribution in [0.15, 0.2) is 34.9 Å². The number of aryl methyl sites for hydroxylation is 1. The van der Waals surface area contributed by atoms with E-state index in [9.17, 15) is 4.39 Å². The highest BCUT2D eigenvalue weighted by Crippen LogP contribution is 2.24. The molecule has 2 rings (SSSR count). The van der Waals surface area contributed by atoms with Crippen molar-refractivity contribution in [2.45, 2.75) is 6.04 Å². The van der Waals surface area contributed by atoms with Crippen molar-refractivity contribution in [2.75, 3.05) is 0 Å². The van der Waals surface area contributed by atoms with E-state index in [1.54, 1.807) is 36.1 Å². The molecule has 0 aliphatic rings. The predicted octanol–water partition coefficient (Wildman–Crippen LogP) is 2.37. The molecule has 1 heterocycles. The first-order chi connectivity index (χ1) is 7.59. The van der Waals surface area contributed by atoms with Crippen LogP contribution < -0.4 is 5.73 Å². The number of halogens is 2. The summed E-state index contributed by atoms with van der Waals surface area (Å²) < 4.78 is 16.1. The third kappa shape index (κ3) is 2.01. The molecule has 84 valence electrons. The third-order valence-corrected chi connectivity index (χ3v) is 2.96. The Balaban J connectivity index is 2.45. The van der Waals surface area contributed by atoms with Crippen molar-refractivity contribution in [3.8, 4) is 0 Å². The van der Waals surface area contributed by atoms with Crippen LogP contribution in [0.2, 0.25) is 0 Å². The summed E-state index contributed by atoms with van der Waals surface area (Å²) in [7, 11) is 1.78. The number of hydrogen-bond acceptors (Lipinski definition) is 2.